The second-order valence-corrected chi connectivity index (χ2v) is 2.76. The molecule has 1 aliphatic heterocycles. The summed E-state index contributed by atoms with van der Waals surface area (Å²) in [4.78, 5) is 4.85. The van der Waals surface area contributed by atoms with Crippen LogP contribution in [0.1, 0.15) is 6.42 Å². The minimum Gasteiger partial charge on any atom is -0.297 e. The maximum Gasteiger partial charge on any atom is 0.328 e. The smallest absolute Gasteiger partial charge is 0.297 e. The van der Waals surface area contributed by atoms with Gasteiger partial charge in [0, 0.05) is 19.2 Å². The van der Waals surface area contributed by atoms with E-state index in [9.17, 15) is 8.78 Å². The molecule has 0 radical (unpaired) electrons. The summed E-state index contributed by atoms with van der Waals surface area (Å²) in [7, 11) is 0. The van der Waals surface area contributed by atoms with Crippen molar-refractivity contribution in [1.29, 1.82) is 0 Å². The summed E-state index contributed by atoms with van der Waals surface area (Å²) in [6.07, 6.45) is 1.45. The summed E-state index contributed by atoms with van der Waals surface area (Å²) >= 11 is 0. The minimum absolute atomic E-state index is 0.0659. The zero-order chi connectivity index (χ0) is 8.60. The number of rotatable bonds is 1. The zero-order valence-electron chi connectivity index (χ0n) is 6.37. The predicted molar refractivity (Wildman–Crippen MR) is 41.1 cm³/mol. The molecule has 64 valence electrons. The maximum absolute atomic E-state index is 12.8. The SMILES string of the molecule is FC1(F)CCN1c1ccccn1. The van der Waals surface area contributed by atoms with E-state index in [2.05, 4.69) is 4.98 Å². The monoisotopic (exact) mass is 170 g/mol. The molecular formula is C8H8F2N2. The Bertz CT molecular complexity index is 274. The summed E-state index contributed by atoms with van der Waals surface area (Å²) in [5.74, 6) is 0.355. The molecule has 4 heteroatoms. The van der Waals surface area contributed by atoms with Crippen LogP contribution >= 0.6 is 0 Å². The fourth-order valence-electron chi connectivity index (χ4n) is 1.19. The molecule has 0 amide bonds. The molecule has 0 bridgehead atoms. The van der Waals surface area contributed by atoms with E-state index in [1.54, 1.807) is 18.2 Å². The first kappa shape index (κ1) is 7.46. The van der Waals surface area contributed by atoms with Crippen LogP contribution in [-0.2, 0) is 0 Å². The quantitative estimate of drug-likeness (QED) is 0.598. The molecule has 12 heavy (non-hydrogen) atoms. The van der Waals surface area contributed by atoms with Crippen molar-refractivity contribution in [1.82, 2.24) is 4.98 Å². The standard InChI is InChI=1S/C8H8F2N2/c9-8(10)4-6-12(8)7-3-1-2-5-11-7/h1-3,5H,4,6H2. The molecule has 2 heterocycles. The van der Waals surface area contributed by atoms with Crippen LogP contribution in [0, 0.1) is 0 Å². The number of hydrogen-bond donors (Lipinski definition) is 0. The van der Waals surface area contributed by atoms with Gasteiger partial charge in [0.05, 0.1) is 0 Å². The van der Waals surface area contributed by atoms with Crippen molar-refractivity contribution >= 4 is 5.82 Å². The summed E-state index contributed by atoms with van der Waals surface area (Å²) in [6, 6.07) is 2.32. The normalized spacial score (nSPS) is 20.3. The molecule has 1 aromatic rings. The van der Waals surface area contributed by atoms with Crippen molar-refractivity contribution < 1.29 is 8.78 Å². The molecule has 1 fully saturated rings. The lowest BCUT2D eigenvalue weighted by molar-refractivity contribution is -0.0554. The van der Waals surface area contributed by atoms with E-state index >= 15 is 0 Å². The van der Waals surface area contributed by atoms with Crippen LogP contribution in [0.25, 0.3) is 0 Å². The largest absolute Gasteiger partial charge is 0.328 e. The van der Waals surface area contributed by atoms with Gasteiger partial charge in [0.15, 0.2) is 0 Å². The van der Waals surface area contributed by atoms with Gasteiger partial charge in [-0.3, -0.25) is 4.90 Å². The van der Waals surface area contributed by atoms with Crippen molar-refractivity contribution in [2.24, 2.45) is 0 Å². The van der Waals surface area contributed by atoms with Crippen molar-refractivity contribution in [2.45, 2.75) is 12.5 Å². The lowest BCUT2D eigenvalue weighted by Crippen LogP contribution is -2.54. The van der Waals surface area contributed by atoms with E-state index in [-0.39, 0.29) is 6.42 Å². The second-order valence-electron chi connectivity index (χ2n) is 2.76. The van der Waals surface area contributed by atoms with Crippen molar-refractivity contribution in [3.8, 4) is 0 Å². The number of pyridine rings is 1. The van der Waals surface area contributed by atoms with E-state index in [1.807, 2.05) is 0 Å². The molecule has 0 aliphatic carbocycles. The van der Waals surface area contributed by atoms with Gasteiger partial charge in [0.2, 0.25) is 0 Å². The molecule has 2 nitrogen and oxygen atoms in total. The van der Waals surface area contributed by atoms with Gasteiger partial charge in [-0.1, -0.05) is 6.07 Å². The highest BCUT2D eigenvalue weighted by molar-refractivity contribution is 5.42. The molecule has 0 saturated carbocycles. The average molecular weight is 170 g/mol. The molecule has 0 N–H and O–H groups in total. The third kappa shape index (κ3) is 1.03. The van der Waals surface area contributed by atoms with Gasteiger partial charge in [0.25, 0.3) is 0 Å². The number of aromatic nitrogens is 1. The highest BCUT2D eigenvalue weighted by Gasteiger charge is 2.46. The summed E-state index contributed by atoms with van der Waals surface area (Å²) < 4.78 is 25.5. The van der Waals surface area contributed by atoms with Crippen LogP contribution in [0.5, 0.6) is 0 Å². The third-order valence-electron chi connectivity index (χ3n) is 1.96. The van der Waals surface area contributed by atoms with E-state index in [0.29, 0.717) is 12.4 Å². The van der Waals surface area contributed by atoms with Crippen LogP contribution in [0.3, 0.4) is 0 Å². The molecule has 1 aliphatic rings. The Morgan fingerprint density at radius 3 is 2.67 bits per heavy atom. The van der Waals surface area contributed by atoms with Gasteiger partial charge in [0.1, 0.15) is 5.82 Å². The first-order chi connectivity index (χ1) is 5.70. The Labute approximate surface area is 68.8 Å². The highest BCUT2D eigenvalue weighted by Crippen LogP contribution is 2.36. The average Bonchev–Trinajstić information content (AvgIpc) is 2.05. The molecule has 0 aromatic carbocycles. The second kappa shape index (κ2) is 2.40. The first-order valence-corrected chi connectivity index (χ1v) is 3.77. The van der Waals surface area contributed by atoms with Crippen LogP contribution in [0.4, 0.5) is 14.6 Å². The zero-order valence-corrected chi connectivity index (χ0v) is 6.37. The lowest BCUT2D eigenvalue weighted by Gasteiger charge is -2.40. The molecule has 0 spiro atoms. The Balaban J connectivity index is 2.22. The Morgan fingerprint density at radius 1 is 1.42 bits per heavy atom. The van der Waals surface area contributed by atoms with E-state index in [0.717, 1.165) is 4.90 Å². The van der Waals surface area contributed by atoms with Gasteiger partial charge in [-0.15, -0.1) is 0 Å². The fraction of sp³-hybridized carbons (Fsp3) is 0.375. The van der Waals surface area contributed by atoms with Crippen molar-refractivity contribution in [2.75, 3.05) is 11.4 Å². The molecule has 1 aromatic heterocycles. The van der Waals surface area contributed by atoms with E-state index < -0.39 is 6.05 Å². The predicted octanol–water partition coefficient (Wildman–Crippen LogP) is 1.88. The van der Waals surface area contributed by atoms with E-state index in [1.165, 1.54) is 6.20 Å². The van der Waals surface area contributed by atoms with Crippen LogP contribution in [-0.4, -0.2) is 17.6 Å². The van der Waals surface area contributed by atoms with Crippen molar-refractivity contribution in [3.63, 3.8) is 0 Å². The summed E-state index contributed by atoms with van der Waals surface area (Å²) in [5.41, 5.74) is 0. The number of hydrogen-bond acceptors (Lipinski definition) is 2. The Kier molecular flexibility index (Phi) is 1.49. The van der Waals surface area contributed by atoms with Gasteiger partial charge in [-0.05, 0) is 12.1 Å². The minimum atomic E-state index is -2.69. The van der Waals surface area contributed by atoms with Gasteiger partial charge >= 0.3 is 6.05 Å². The number of anilines is 1. The van der Waals surface area contributed by atoms with Crippen LogP contribution in [0.2, 0.25) is 0 Å². The Morgan fingerprint density at radius 2 is 2.25 bits per heavy atom. The summed E-state index contributed by atoms with van der Waals surface area (Å²) in [6.45, 7) is 0.393. The van der Waals surface area contributed by atoms with Crippen molar-refractivity contribution in [3.05, 3.63) is 24.4 Å². The van der Waals surface area contributed by atoms with Gasteiger partial charge < -0.3 is 0 Å². The molecular weight excluding hydrogens is 162 g/mol. The topological polar surface area (TPSA) is 16.1 Å². The summed E-state index contributed by atoms with van der Waals surface area (Å²) in [5, 5.41) is 0. The fourth-order valence-corrected chi connectivity index (χ4v) is 1.19. The Hall–Kier alpha value is -1.19. The number of halogens is 2. The van der Waals surface area contributed by atoms with Crippen LogP contribution in [0.15, 0.2) is 24.4 Å². The molecule has 1 saturated heterocycles. The third-order valence-corrected chi connectivity index (χ3v) is 1.96. The number of alkyl halides is 2. The lowest BCUT2D eigenvalue weighted by atomic mass is 10.1. The molecule has 0 unspecified atom stereocenters. The molecule has 0 atom stereocenters. The highest BCUT2D eigenvalue weighted by atomic mass is 19.3. The molecule has 2 rings (SSSR count). The van der Waals surface area contributed by atoms with Gasteiger partial charge in [-0.2, -0.15) is 8.78 Å². The first-order valence-electron chi connectivity index (χ1n) is 3.77. The maximum atomic E-state index is 12.8. The van der Waals surface area contributed by atoms with Gasteiger partial charge in [-0.25, -0.2) is 4.98 Å². The van der Waals surface area contributed by atoms with E-state index in [4.69, 9.17) is 0 Å². The number of nitrogens with zero attached hydrogens (tertiary/aromatic N) is 2. The van der Waals surface area contributed by atoms with Crippen LogP contribution < -0.4 is 4.90 Å².